The SMILES string of the molecule is CC(C)CC(=O)N1CCN(c2nnc(SCC(=O)NC(C)C)s2)CC1. The molecule has 1 aliphatic heterocycles. The van der Waals surface area contributed by atoms with Crippen LogP contribution in [0.25, 0.3) is 0 Å². The average Bonchev–Trinajstić information content (AvgIpc) is 3.01. The van der Waals surface area contributed by atoms with E-state index < -0.39 is 0 Å². The smallest absolute Gasteiger partial charge is 0.230 e. The number of hydrogen-bond acceptors (Lipinski definition) is 7. The normalized spacial score (nSPS) is 15.1. The van der Waals surface area contributed by atoms with Crippen molar-refractivity contribution >= 4 is 40.0 Å². The summed E-state index contributed by atoms with van der Waals surface area (Å²) >= 11 is 2.91. The minimum atomic E-state index is 0.00836. The van der Waals surface area contributed by atoms with E-state index in [1.807, 2.05) is 18.7 Å². The molecule has 0 spiro atoms. The first-order chi connectivity index (χ1) is 11.8. The lowest BCUT2D eigenvalue weighted by Gasteiger charge is -2.34. The van der Waals surface area contributed by atoms with Crippen LogP contribution in [0.1, 0.15) is 34.1 Å². The summed E-state index contributed by atoms with van der Waals surface area (Å²) in [6.07, 6.45) is 0.609. The summed E-state index contributed by atoms with van der Waals surface area (Å²) in [5.41, 5.74) is 0. The van der Waals surface area contributed by atoms with E-state index in [1.54, 1.807) is 0 Å². The van der Waals surface area contributed by atoms with Crippen molar-refractivity contribution in [1.82, 2.24) is 20.4 Å². The third-order valence-corrected chi connectivity index (χ3v) is 5.78. The number of thioether (sulfide) groups is 1. The molecule has 1 aliphatic rings. The van der Waals surface area contributed by atoms with Gasteiger partial charge in [-0.1, -0.05) is 36.9 Å². The van der Waals surface area contributed by atoms with Gasteiger partial charge in [0.1, 0.15) is 0 Å². The van der Waals surface area contributed by atoms with Crippen molar-refractivity contribution in [3.63, 3.8) is 0 Å². The molecule has 1 N–H and O–H groups in total. The van der Waals surface area contributed by atoms with Crippen LogP contribution in [0.3, 0.4) is 0 Å². The van der Waals surface area contributed by atoms with E-state index in [0.717, 1.165) is 35.7 Å². The molecule has 1 aromatic heterocycles. The van der Waals surface area contributed by atoms with E-state index in [0.29, 0.717) is 18.1 Å². The van der Waals surface area contributed by atoms with Gasteiger partial charge in [0.25, 0.3) is 0 Å². The predicted molar refractivity (Wildman–Crippen MR) is 102 cm³/mol. The summed E-state index contributed by atoms with van der Waals surface area (Å²) in [6, 6.07) is 0.146. The third kappa shape index (κ3) is 6.47. The van der Waals surface area contributed by atoms with Gasteiger partial charge in [-0.2, -0.15) is 0 Å². The first-order valence-corrected chi connectivity index (χ1v) is 10.4. The second-order valence-electron chi connectivity index (χ2n) is 6.83. The highest BCUT2D eigenvalue weighted by Gasteiger charge is 2.23. The van der Waals surface area contributed by atoms with Crippen LogP contribution >= 0.6 is 23.1 Å². The minimum absolute atomic E-state index is 0.00836. The molecule has 9 heteroatoms. The molecule has 0 atom stereocenters. The highest BCUT2D eigenvalue weighted by atomic mass is 32.2. The molecule has 25 heavy (non-hydrogen) atoms. The lowest BCUT2D eigenvalue weighted by molar-refractivity contribution is -0.132. The first-order valence-electron chi connectivity index (χ1n) is 8.63. The molecule has 0 radical (unpaired) electrons. The van der Waals surface area contributed by atoms with Gasteiger partial charge in [-0.3, -0.25) is 9.59 Å². The van der Waals surface area contributed by atoms with Crippen LogP contribution in [-0.4, -0.2) is 64.9 Å². The van der Waals surface area contributed by atoms with Crippen LogP contribution in [0, 0.1) is 5.92 Å². The molecule has 0 unspecified atom stereocenters. The minimum Gasteiger partial charge on any atom is -0.353 e. The van der Waals surface area contributed by atoms with Crippen molar-refractivity contribution in [3.8, 4) is 0 Å². The maximum atomic E-state index is 12.1. The third-order valence-electron chi connectivity index (χ3n) is 3.66. The van der Waals surface area contributed by atoms with Crippen molar-refractivity contribution in [3.05, 3.63) is 0 Å². The molecule has 1 saturated heterocycles. The second-order valence-corrected chi connectivity index (χ2v) is 9.01. The van der Waals surface area contributed by atoms with E-state index in [-0.39, 0.29) is 17.9 Å². The van der Waals surface area contributed by atoms with Crippen LogP contribution < -0.4 is 10.2 Å². The molecule has 0 saturated carbocycles. The number of carbonyl (C=O) groups is 2. The summed E-state index contributed by atoms with van der Waals surface area (Å²) in [5, 5.41) is 12.1. The Morgan fingerprint density at radius 2 is 1.84 bits per heavy atom. The van der Waals surface area contributed by atoms with Gasteiger partial charge >= 0.3 is 0 Å². The van der Waals surface area contributed by atoms with Crippen LogP contribution in [0.5, 0.6) is 0 Å². The standard InChI is InChI=1S/C16H27N5O2S2/c1-11(2)9-14(23)20-5-7-21(8-6-20)15-18-19-16(25-15)24-10-13(22)17-12(3)4/h11-12H,5-10H2,1-4H3,(H,17,22). The second kappa shape index (κ2) is 9.38. The van der Waals surface area contributed by atoms with Crippen LogP contribution in [0.2, 0.25) is 0 Å². The first kappa shape index (κ1) is 20.0. The van der Waals surface area contributed by atoms with Crippen LogP contribution in [0.4, 0.5) is 5.13 Å². The quantitative estimate of drug-likeness (QED) is 0.722. The molecule has 2 amide bonds. The summed E-state index contributed by atoms with van der Waals surface area (Å²) in [4.78, 5) is 27.9. The molecule has 1 fully saturated rings. The number of amides is 2. The Kier molecular flexibility index (Phi) is 7.49. The lowest BCUT2D eigenvalue weighted by atomic mass is 10.1. The summed E-state index contributed by atoms with van der Waals surface area (Å²) in [5.74, 6) is 0.985. The van der Waals surface area contributed by atoms with Crippen molar-refractivity contribution in [1.29, 1.82) is 0 Å². The zero-order valence-corrected chi connectivity index (χ0v) is 17.0. The number of anilines is 1. The number of hydrogen-bond donors (Lipinski definition) is 1. The number of carbonyl (C=O) groups excluding carboxylic acids is 2. The number of aromatic nitrogens is 2. The lowest BCUT2D eigenvalue weighted by Crippen LogP contribution is -2.49. The van der Waals surface area contributed by atoms with Gasteiger partial charge in [0, 0.05) is 38.6 Å². The van der Waals surface area contributed by atoms with Gasteiger partial charge < -0.3 is 15.1 Å². The number of rotatable bonds is 7. The Bertz CT molecular complexity index is 583. The molecular weight excluding hydrogens is 358 g/mol. The van der Waals surface area contributed by atoms with Gasteiger partial charge in [0.2, 0.25) is 16.9 Å². The van der Waals surface area contributed by atoms with Gasteiger partial charge in [0.05, 0.1) is 5.75 Å². The maximum absolute atomic E-state index is 12.1. The van der Waals surface area contributed by atoms with Crippen molar-refractivity contribution in [2.45, 2.75) is 44.5 Å². The summed E-state index contributed by atoms with van der Waals surface area (Å²) in [6.45, 7) is 11.0. The largest absolute Gasteiger partial charge is 0.353 e. The molecule has 140 valence electrons. The Morgan fingerprint density at radius 3 is 2.44 bits per heavy atom. The van der Waals surface area contributed by atoms with Gasteiger partial charge in [-0.15, -0.1) is 10.2 Å². The predicted octanol–water partition coefficient (Wildman–Crippen LogP) is 1.85. The van der Waals surface area contributed by atoms with Crippen molar-refractivity contribution < 1.29 is 9.59 Å². The average molecular weight is 386 g/mol. The van der Waals surface area contributed by atoms with E-state index >= 15 is 0 Å². The Balaban J connectivity index is 1.79. The van der Waals surface area contributed by atoms with Gasteiger partial charge in [-0.05, 0) is 19.8 Å². The molecule has 0 bridgehead atoms. The summed E-state index contributed by atoms with van der Waals surface area (Å²) in [7, 11) is 0. The molecule has 2 rings (SSSR count). The molecule has 7 nitrogen and oxygen atoms in total. The Hall–Kier alpha value is -1.35. The van der Waals surface area contributed by atoms with Crippen LogP contribution in [-0.2, 0) is 9.59 Å². The fraction of sp³-hybridized carbons (Fsp3) is 0.750. The monoisotopic (exact) mass is 385 g/mol. The summed E-state index contributed by atoms with van der Waals surface area (Å²) < 4.78 is 0.798. The topological polar surface area (TPSA) is 78.4 Å². The van der Waals surface area contributed by atoms with Crippen LogP contribution in [0.15, 0.2) is 4.34 Å². The Morgan fingerprint density at radius 1 is 1.16 bits per heavy atom. The highest BCUT2D eigenvalue weighted by Crippen LogP contribution is 2.28. The molecule has 2 heterocycles. The zero-order valence-electron chi connectivity index (χ0n) is 15.3. The van der Waals surface area contributed by atoms with E-state index in [9.17, 15) is 9.59 Å². The van der Waals surface area contributed by atoms with Crippen molar-refractivity contribution in [2.75, 3.05) is 36.8 Å². The van der Waals surface area contributed by atoms with E-state index in [4.69, 9.17) is 0 Å². The van der Waals surface area contributed by atoms with E-state index in [2.05, 4.69) is 34.3 Å². The fourth-order valence-electron chi connectivity index (χ4n) is 2.51. The molecular formula is C16H27N5O2S2. The number of piperazine rings is 1. The molecule has 0 aromatic carbocycles. The Labute approximate surface area is 157 Å². The number of nitrogens with one attached hydrogen (secondary N) is 1. The maximum Gasteiger partial charge on any atom is 0.230 e. The zero-order chi connectivity index (χ0) is 18.4. The fourth-order valence-corrected chi connectivity index (χ4v) is 4.21. The molecule has 0 aliphatic carbocycles. The highest BCUT2D eigenvalue weighted by molar-refractivity contribution is 8.01. The molecule has 1 aromatic rings. The van der Waals surface area contributed by atoms with E-state index in [1.165, 1.54) is 23.1 Å². The van der Waals surface area contributed by atoms with Crippen molar-refractivity contribution in [2.24, 2.45) is 5.92 Å². The van der Waals surface area contributed by atoms with Gasteiger partial charge in [0.15, 0.2) is 4.34 Å². The number of nitrogens with zero attached hydrogens (tertiary/aromatic N) is 4. The van der Waals surface area contributed by atoms with Gasteiger partial charge in [-0.25, -0.2) is 0 Å².